The van der Waals surface area contributed by atoms with Crippen LogP contribution in [0.15, 0.2) is 36.9 Å². The van der Waals surface area contributed by atoms with E-state index in [2.05, 4.69) is 29.1 Å². The maximum Gasteiger partial charge on any atom is 0.137 e. The first-order chi connectivity index (χ1) is 10.6. The first kappa shape index (κ1) is 15.5. The molecule has 4 nitrogen and oxygen atoms in total. The summed E-state index contributed by atoms with van der Waals surface area (Å²) in [5.74, 6) is 0.553. The summed E-state index contributed by atoms with van der Waals surface area (Å²) in [5.41, 5.74) is 0.505. The molecule has 0 aliphatic heterocycles. The SMILES string of the molecule is CC[C@H]1CC[C@@H](Cc2ccc(Cl)cc2)[C@]1(O)Cn1cncn1. The maximum atomic E-state index is 11.4. The van der Waals surface area contributed by atoms with E-state index in [9.17, 15) is 5.11 Å². The van der Waals surface area contributed by atoms with Crippen LogP contribution in [0.3, 0.4) is 0 Å². The van der Waals surface area contributed by atoms with Gasteiger partial charge in [0, 0.05) is 5.02 Å². The van der Waals surface area contributed by atoms with Crippen molar-refractivity contribution >= 4 is 11.6 Å². The lowest BCUT2D eigenvalue weighted by Crippen LogP contribution is -2.44. The van der Waals surface area contributed by atoms with Crippen molar-refractivity contribution in [3.8, 4) is 0 Å². The van der Waals surface area contributed by atoms with E-state index in [1.54, 1.807) is 11.0 Å². The molecule has 0 amide bonds. The highest BCUT2D eigenvalue weighted by atomic mass is 35.5. The predicted molar refractivity (Wildman–Crippen MR) is 86.6 cm³/mol. The monoisotopic (exact) mass is 319 g/mol. The first-order valence-electron chi connectivity index (χ1n) is 7.91. The van der Waals surface area contributed by atoms with Crippen molar-refractivity contribution in [3.63, 3.8) is 0 Å². The van der Waals surface area contributed by atoms with Crippen LogP contribution in [-0.4, -0.2) is 25.5 Å². The van der Waals surface area contributed by atoms with Gasteiger partial charge in [0.2, 0.25) is 0 Å². The van der Waals surface area contributed by atoms with Gasteiger partial charge in [-0.05, 0) is 48.8 Å². The van der Waals surface area contributed by atoms with Crippen LogP contribution in [0.4, 0.5) is 0 Å². The van der Waals surface area contributed by atoms with E-state index in [0.29, 0.717) is 12.5 Å². The van der Waals surface area contributed by atoms with Gasteiger partial charge in [-0.1, -0.05) is 37.1 Å². The molecule has 22 heavy (non-hydrogen) atoms. The Balaban J connectivity index is 1.80. The Bertz CT molecular complexity index is 599. The predicted octanol–water partition coefficient (Wildman–Crippen LogP) is 3.34. The van der Waals surface area contributed by atoms with Crippen molar-refractivity contribution in [1.82, 2.24) is 14.8 Å². The van der Waals surface area contributed by atoms with Gasteiger partial charge in [0.25, 0.3) is 0 Å². The summed E-state index contributed by atoms with van der Waals surface area (Å²) < 4.78 is 1.75. The van der Waals surface area contributed by atoms with Crippen LogP contribution in [0.1, 0.15) is 31.7 Å². The van der Waals surface area contributed by atoms with Crippen molar-refractivity contribution in [2.24, 2.45) is 11.8 Å². The third kappa shape index (κ3) is 3.03. The van der Waals surface area contributed by atoms with Gasteiger partial charge in [-0.3, -0.25) is 4.68 Å². The quantitative estimate of drug-likeness (QED) is 0.919. The van der Waals surface area contributed by atoms with E-state index >= 15 is 0 Å². The minimum Gasteiger partial charge on any atom is -0.387 e. The molecule has 1 aromatic heterocycles. The molecular weight excluding hydrogens is 298 g/mol. The van der Waals surface area contributed by atoms with Crippen LogP contribution in [0.2, 0.25) is 5.02 Å². The second-order valence-corrected chi connectivity index (χ2v) is 6.73. The number of hydrogen-bond donors (Lipinski definition) is 1. The topological polar surface area (TPSA) is 50.9 Å². The summed E-state index contributed by atoms with van der Waals surface area (Å²) in [6, 6.07) is 7.94. The molecular formula is C17H22ClN3O. The van der Waals surface area contributed by atoms with E-state index in [4.69, 9.17) is 11.6 Å². The third-order valence-corrected chi connectivity index (χ3v) is 5.30. The zero-order chi connectivity index (χ0) is 15.6. The maximum absolute atomic E-state index is 11.4. The molecule has 0 unspecified atom stereocenters. The second-order valence-electron chi connectivity index (χ2n) is 6.29. The highest BCUT2D eigenvalue weighted by Crippen LogP contribution is 2.45. The summed E-state index contributed by atoms with van der Waals surface area (Å²) in [5, 5.41) is 16.3. The van der Waals surface area contributed by atoms with Gasteiger partial charge >= 0.3 is 0 Å². The Kier molecular flexibility index (Phi) is 4.50. The molecule has 1 aromatic carbocycles. The second kappa shape index (κ2) is 6.39. The van der Waals surface area contributed by atoms with Crippen molar-refractivity contribution < 1.29 is 5.11 Å². The van der Waals surface area contributed by atoms with Gasteiger partial charge in [0.15, 0.2) is 0 Å². The lowest BCUT2D eigenvalue weighted by molar-refractivity contribution is -0.0545. The van der Waals surface area contributed by atoms with Gasteiger partial charge < -0.3 is 5.11 Å². The molecule has 2 aromatic rings. The molecule has 1 saturated carbocycles. The molecule has 1 N–H and O–H groups in total. The summed E-state index contributed by atoms with van der Waals surface area (Å²) >= 11 is 5.96. The highest BCUT2D eigenvalue weighted by molar-refractivity contribution is 6.30. The van der Waals surface area contributed by atoms with Crippen molar-refractivity contribution in [1.29, 1.82) is 0 Å². The Morgan fingerprint density at radius 3 is 2.64 bits per heavy atom. The zero-order valence-electron chi connectivity index (χ0n) is 12.8. The van der Waals surface area contributed by atoms with Crippen molar-refractivity contribution in [3.05, 3.63) is 47.5 Å². The number of aromatic nitrogens is 3. The number of rotatable bonds is 5. The number of nitrogens with zero attached hydrogens (tertiary/aromatic N) is 3. The average Bonchev–Trinajstić information content (AvgIpc) is 3.11. The van der Waals surface area contributed by atoms with Gasteiger partial charge in [-0.15, -0.1) is 0 Å². The molecule has 0 radical (unpaired) electrons. The summed E-state index contributed by atoms with van der Waals surface area (Å²) in [6.45, 7) is 2.67. The zero-order valence-corrected chi connectivity index (χ0v) is 13.6. The Hall–Kier alpha value is -1.39. The fourth-order valence-corrected chi connectivity index (χ4v) is 3.94. The standard InChI is InChI=1S/C17H22ClN3O/c1-2-14-5-6-15(9-13-3-7-16(18)8-4-13)17(14,22)10-21-12-19-11-20-21/h3-4,7-8,11-12,14-15,22H,2,5-6,9-10H2,1H3/t14-,15-,17-/m0/s1. The molecule has 0 spiro atoms. The molecule has 1 aliphatic rings. The average molecular weight is 320 g/mol. The normalized spacial score (nSPS) is 28.1. The van der Waals surface area contributed by atoms with E-state index in [1.807, 2.05) is 12.1 Å². The van der Waals surface area contributed by atoms with E-state index in [1.165, 1.54) is 11.9 Å². The van der Waals surface area contributed by atoms with Gasteiger partial charge in [0.05, 0.1) is 12.1 Å². The van der Waals surface area contributed by atoms with Gasteiger partial charge in [0.1, 0.15) is 12.7 Å². The number of hydrogen-bond acceptors (Lipinski definition) is 3. The van der Waals surface area contributed by atoms with E-state index in [0.717, 1.165) is 30.7 Å². The van der Waals surface area contributed by atoms with Crippen LogP contribution >= 0.6 is 11.6 Å². The van der Waals surface area contributed by atoms with Gasteiger partial charge in [-0.25, -0.2) is 4.98 Å². The third-order valence-electron chi connectivity index (χ3n) is 5.05. The summed E-state index contributed by atoms with van der Waals surface area (Å²) in [7, 11) is 0. The smallest absolute Gasteiger partial charge is 0.137 e. The highest BCUT2D eigenvalue weighted by Gasteiger charge is 2.48. The number of halogens is 1. The number of benzene rings is 1. The molecule has 3 atom stereocenters. The van der Waals surface area contributed by atoms with E-state index < -0.39 is 5.60 Å². The minimum atomic E-state index is -0.720. The fraction of sp³-hybridized carbons (Fsp3) is 0.529. The lowest BCUT2D eigenvalue weighted by atomic mass is 9.80. The van der Waals surface area contributed by atoms with Crippen LogP contribution in [-0.2, 0) is 13.0 Å². The van der Waals surface area contributed by atoms with Crippen LogP contribution < -0.4 is 0 Å². The van der Waals surface area contributed by atoms with Crippen LogP contribution in [0, 0.1) is 11.8 Å². The van der Waals surface area contributed by atoms with E-state index in [-0.39, 0.29) is 5.92 Å². The molecule has 1 fully saturated rings. The number of aliphatic hydroxyl groups is 1. The van der Waals surface area contributed by atoms with Crippen molar-refractivity contribution in [2.75, 3.05) is 0 Å². The lowest BCUT2D eigenvalue weighted by Gasteiger charge is -2.35. The summed E-state index contributed by atoms with van der Waals surface area (Å²) in [4.78, 5) is 3.99. The largest absolute Gasteiger partial charge is 0.387 e. The molecule has 3 rings (SSSR count). The molecule has 118 valence electrons. The molecule has 1 aliphatic carbocycles. The Labute approximate surface area is 136 Å². The Morgan fingerprint density at radius 2 is 2.00 bits per heavy atom. The molecule has 1 heterocycles. The molecule has 0 saturated heterocycles. The molecule has 5 heteroatoms. The van der Waals surface area contributed by atoms with Gasteiger partial charge in [-0.2, -0.15) is 5.10 Å². The fourth-order valence-electron chi connectivity index (χ4n) is 3.81. The Morgan fingerprint density at radius 1 is 1.27 bits per heavy atom. The first-order valence-corrected chi connectivity index (χ1v) is 8.29. The minimum absolute atomic E-state index is 0.239. The molecule has 0 bridgehead atoms. The van der Waals surface area contributed by atoms with Crippen molar-refractivity contribution in [2.45, 2.75) is 44.8 Å². The summed E-state index contributed by atoms with van der Waals surface area (Å²) in [6.07, 6.45) is 7.18. The van der Waals surface area contributed by atoms with Crippen LogP contribution in [0.5, 0.6) is 0 Å². The van der Waals surface area contributed by atoms with Crippen LogP contribution in [0.25, 0.3) is 0 Å².